The van der Waals surface area contributed by atoms with Gasteiger partial charge < -0.3 is 9.67 Å². The lowest BCUT2D eigenvalue weighted by atomic mass is 9.74. The van der Waals surface area contributed by atoms with E-state index in [9.17, 15) is 5.11 Å². The first kappa shape index (κ1) is 13.6. The van der Waals surface area contributed by atoms with Gasteiger partial charge in [-0.1, -0.05) is 39.5 Å². The highest BCUT2D eigenvalue weighted by Gasteiger charge is 2.31. The van der Waals surface area contributed by atoms with Crippen molar-refractivity contribution in [3.63, 3.8) is 0 Å². The molecule has 1 aromatic heterocycles. The first-order chi connectivity index (χ1) is 8.77. The Bertz CT molecular complexity index is 361. The molecule has 0 spiro atoms. The number of hydrogen-bond donors (Lipinski definition) is 1. The third-order valence-corrected chi connectivity index (χ3v) is 4.41. The van der Waals surface area contributed by atoms with Crippen LogP contribution in [0.4, 0.5) is 0 Å². The van der Waals surface area contributed by atoms with Gasteiger partial charge in [-0.15, -0.1) is 0 Å². The predicted molar refractivity (Wildman–Crippen MR) is 73.2 cm³/mol. The van der Waals surface area contributed by atoms with Gasteiger partial charge in [0.1, 0.15) is 0 Å². The Morgan fingerprint density at radius 3 is 2.89 bits per heavy atom. The minimum Gasteiger partial charge on any atom is -0.387 e. The van der Waals surface area contributed by atoms with Gasteiger partial charge in [0, 0.05) is 6.54 Å². The quantitative estimate of drug-likeness (QED) is 0.868. The fourth-order valence-electron chi connectivity index (χ4n) is 3.38. The zero-order valence-corrected chi connectivity index (χ0v) is 11.7. The number of aliphatic hydroxyl groups excluding tert-OH is 1. The molecule has 1 aromatic rings. The van der Waals surface area contributed by atoms with Crippen molar-refractivity contribution >= 4 is 0 Å². The third-order valence-electron chi connectivity index (χ3n) is 4.41. The van der Waals surface area contributed by atoms with Crippen LogP contribution in [0.25, 0.3) is 0 Å². The maximum Gasteiger partial charge on any atom is 0.0986 e. The normalized spacial score (nSPS) is 26.2. The molecule has 1 saturated carbocycles. The molecular formula is C15H26N2O. The first-order valence-corrected chi connectivity index (χ1v) is 7.46. The lowest BCUT2D eigenvalue weighted by Gasteiger charge is -2.34. The minimum atomic E-state index is -0.329. The van der Waals surface area contributed by atoms with Crippen LogP contribution < -0.4 is 0 Å². The molecule has 1 aliphatic rings. The second kappa shape index (κ2) is 6.37. The van der Waals surface area contributed by atoms with Gasteiger partial charge in [-0.2, -0.15) is 0 Å². The molecule has 102 valence electrons. The van der Waals surface area contributed by atoms with Gasteiger partial charge in [0.05, 0.1) is 24.3 Å². The van der Waals surface area contributed by atoms with Crippen molar-refractivity contribution < 1.29 is 5.11 Å². The Hall–Kier alpha value is -0.830. The molecule has 0 aromatic carbocycles. The van der Waals surface area contributed by atoms with Crippen LogP contribution in [0.3, 0.4) is 0 Å². The van der Waals surface area contributed by atoms with E-state index in [0.717, 1.165) is 25.1 Å². The molecule has 0 radical (unpaired) electrons. The van der Waals surface area contributed by atoms with Crippen molar-refractivity contribution in [1.29, 1.82) is 0 Å². The van der Waals surface area contributed by atoms with Crippen LogP contribution in [0, 0.1) is 11.8 Å². The summed E-state index contributed by atoms with van der Waals surface area (Å²) in [6.45, 7) is 5.36. The van der Waals surface area contributed by atoms with Crippen LogP contribution >= 0.6 is 0 Å². The first-order valence-electron chi connectivity index (χ1n) is 7.46. The lowest BCUT2D eigenvalue weighted by Crippen LogP contribution is -2.26. The van der Waals surface area contributed by atoms with E-state index in [0.29, 0.717) is 11.8 Å². The molecule has 1 aliphatic carbocycles. The van der Waals surface area contributed by atoms with Crippen molar-refractivity contribution in [3.8, 4) is 0 Å². The summed E-state index contributed by atoms with van der Waals surface area (Å²) in [7, 11) is 0. The van der Waals surface area contributed by atoms with Gasteiger partial charge in [-0.05, 0) is 24.7 Å². The van der Waals surface area contributed by atoms with E-state index >= 15 is 0 Å². The number of hydrogen-bond acceptors (Lipinski definition) is 2. The van der Waals surface area contributed by atoms with Crippen molar-refractivity contribution in [1.82, 2.24) is 9.55 Å². The summed E-state index contributed by atoms with van der Waals surface area (Å²) < 4.78 is 2.12. The zero-order chi connectivity index (χ0) is 13.0. The van der Waals surface area contributed by atoms with E-state index in [-0.39, 0.29) is 6.10 Å². The summed E-state index contributed by atoms with van der Waals surface area (Å²) >= 11 is 0. The standard InChI is InChI=1S/C15H26N2O/c1-3-9-17-11-16-10-14(17)15(18)13-8-6-5-7-12(13)4-2/h10-13,15,18H,3-9H2,1-2H3. The molecule has 18 heavy (non-hydrogen) atoms. The number of rotatable bonds is 5. The molecule has 3 unspecified atom stereocenters. The Morgan fingerprint density at radius 1 is 1.39 bits per heavy atom. The van der Waals surface area contributed by atoms with E-state index in [1.807, 2.05) is 12.5 Å². The van der Waals surface area contributed by atoms with E-state index < -0.39 is 0 Å². The van der Waals surface area contributed by atoms with Crippen LogP contribution in [0.1, 0.15) is 64.2 Å². The molecule has 0 bridgehead atoms. The van der Waals surface area contributed by atoms with Gasteiger partial charge in [0.2, 0.25) is 0 Å². The van der Waals surface area contributed by atoms with Gasteiger partial charge in [0.25, 0.3) is 0 Å². The van der Waals surface area contributed by atoms with Gasteiger partial charge in [0.15, 0.2) is 0 Å². The van der Waals surface area contributed by atoms with Crippen LogP contribution in [0.15, 0.2) is 12.5 Å². The van der Waals surface area contributed by atoms with Crippen LogP contribution in [0.2, 0.25) is 0 Å². The average Bonchev–Trinajstić information content (AvgIpc) is 2.86. The highest BCUT2D eigenvalue weighted by atomic mass is 16.3. The third kappa shape index (κ3) is 2.77. The molecular weight excluding hydrogens is 224 g/mol. The minimum absolute atomic E-state index is 0.329. The largest absolute Gasteiger partial charge is 0.387 e. The number of imidazole rings is 1. The maximum absolute atomic E-state index is 10.7. The second-order valence-corrected chi connectivity index (χ2v) is 5.57. The van der Waals surface area contributed by atoms with Gasteiger partial charge in [-0.3, -0.25) is 0 Å². The highest BCUT2D eigenvalue weighted by Crippen LogP contribution is 2.40. The molecule has 3 nitrogen and oxygen atoms in total. The molecule has 1 heterocycles. The maximum atomic E-state index is 10.7. The fourth-order valence-corrected chi connectivity index (χ4v) is 3.38. The van der Waals surface area contributed by atoms with Crippen LogP contribution in [-0.2, 0) is 6.54 Å². The van der Waals surface area contributed by atoms with Crippen molar-refractivity contribution in [3.05, 3.63) is 18.2 Å². The molecule has 0 aliphatic heterocycles. The van der Waals surface area contributed by atoms with E-state index in [4.69, 9.17) is 0 Å². The Balaban J connectivity index is 2.13. The molecule has 0 amide bonds. The lowest BCUT2D eigenvalue weighted by molar-refractivity contribution is 0.0396. The van der Waals surface area contributed by atoms with Crippen molar-refractivity contribution in [2.45, 2.75) is 65.0 Å². The van der Waals surface area contributed by atoms with E-state index in [1.54, 1.807) is 0 Å². The fraction of sp³-hybridized carbons (Fsp3) is 0.800. The zero-order valence-electron chi connectivity index (χ0n) is 11.7. The van der Waals surface area contributed by atoms with Crippen molar-refractivity contribution in [2.75, 3.05) is 0 Å². The monoisotopic (exact) mass is 250 g/mol. The average molecular weight is 250 g/mol. The Kier molecular flexibility index (Phi) is 4.81. The number of aryl methyl sites for hydroxylation is 1. The molecule has 3 atom stereocenters. The highest BCUT2D eigenvalue weighted by molar-refractivity contribution is 5.05. The molecule has 3 heteroatoms. The van der Waals surface area contributed by atoms with Crippen LogP contribution in [-0.4, -0.2) is 14.7 Å². The molecule has 1 N–H and O–H groups in total. The number of aliphatic hydroxyl groups is 1. The smallest absolute Gasteiger partial charge is 0.0986 e. The van der Waals surface area contributed by atoms with Gasteiger partial charge in [-0.25, -0.2) is 4.98 Å². The van der Waals surface area contributed by atoms with E-state index in [2.05, 4.69) is 23.4 Å². The Labute approximate surface area is 110 Å². The second-order valence-electron chi connectivity index (χ2n) is 5.57. The molecule has 1 fully saturated rings. The number of aromatic nitrogens is 2. The molecule has 0 saturated heterocycles. The predicted octanol–water partition coefficient (Wildman–Crippen LogP) is 3.54. The van der Waals surface area contributed by atoms with Crippen molar-refractivity contribution in [2.24, 2.45) is 11.8 Å². The Morgan fingerprint density at radius 2 is 2.17 bits per heavy atom. The summed E-state index contributed by atoms with van der Waals surface area (Å²) in [6.07, 6.45) is 10.7. The van der Waals surface area contributed by atoms with Crippen LogP contribution in [0.5, 0.6) is 0 Å². The van der Waals surface area contributed by atoms with Gasteiger partial charge >= 0.3 is 0 Å². The summed E-state index contributed by atoms with van der Waals surface area (Å²) in [5.74, 6) is 1.11. The van der Waals surface area contributed by atoms with E-state index in [1.165, 1.54) is 25.7 Å². The SMILES string of the molecule is CCCn1cncc1C(O)C1CCCCC1CC. The molecule has 2 rings (SSSR count). The summed E-state index contributed by atoms with van der Waals surface area (Å²) in [5.41, 5.74) is 1.02. The summed E-state index contributed by atoms with van der Waals surface area (Å²) in [4.78, 5) is 4.21. The number of nitrogens with zero attached hydrogens (tertiary/aromatic N) is 2. The topological polar surface area (TPSA) is 38.0 Å². The summed E-state index contributed by atoms with van der Waals surface area (Å²) in [6, 6.07) is 0. The summed E-state index contributed by atoms with van der Waals surface area (Å²) in [5, 5.41) is 10.7.